The summed E-state index contributed by atoms with van der Waals surface area (Å²) in [5.74, 6) is 0.111. The molecule has 0 saturated carbocycles. The lowest BCUT2D eigenvalue weighted by Gasteiger charge is -2.19. The molecule has 0 aliphatic heterocycles. The average molecular weight is 374 g/mol. The largest absolute Gasteiger partial charge is 0.334 e. The molecule has 136 valence electrons. The number of carbonyl (C=O) groups is 1. The van der Waals surface area contributed by atoms with Crippen LogP contribution in [0, 0.1) is 12.7 Å². The number of imidazole rings is 1. The van der Waals surface area contributed by atoms with E-state index in [1.54, 1.807) is 24.9 Å². The van der Waals surface area contributed by atoms with Crippen LogP contribution in [0.3, 0.4) is 0 Å². The topological polar surface area (TPSA) is 38.1 Å². The number of hydrogen-bond acceptors (Lipinski definition) is 2. The maximum atomic E-state index is 13.5. The highest BCUT2D eigenvalue weighted by atomic mass is 35.5. The van der Waals surface area contributed by atoms with Gasteiger partial charge in [0.05, 0.1) is 22.6 Å². The number of amides is 1. The van der Waals surface area contributed by atoms with Crippen LogP contribution < -0.4 is 0 Å². The monoisotopic (exact) mass is 373 g/mol. The van der Waals surface area contributed by atoms with Crippen molar-refractivity contribution in [2.75, 3.05) is 7.05 Å². The van der Waals surface area contributed by atoms with Gasteiger partial charge in [-0.3, -0.25) is 4.79 Å². The molecule has 0 radical (unpaired) electrons. The molecule has 0 fully saturated rings. The highest BCUT2D eigenvalue weighted by Crippen LogP contribution is 2.26. The maximum Gasteiger partial charge on any atom is 0.254 e. The zero-order valence-electron chi connectivity index (χ0n) is 15.1. The van der Waals surface area contributed by atoms with Gasteiger partial charge in [0.25, 0.3) is 5.91 Å². The Hall–Kier alpha value is -2.40. The molecule has 0 unspecified atom stereocenters. The summed E-state index contributed by atoms with van der Waals surface area (Å²) in [4.78, 5) is 19.0. The summed E-state index contributed by atoms with van der Waals surface area (Å²) in [6, 6.07) is 9.86. The minimum absolute atomic E-state index is 0.233. The number of benzene rings is 2. The summed E-state index contributed by atoms with van der Waals surface area (Å²) in [5.41, 5.74) is 2.80. The van der Waals surface area contributed by atoms with Gasteiger partial charge in [-0.1, -0.05) is 30.7 Å². The molecule has 3 rings (SSSR count). The minimum Gasteiger partial charge on any atom is -0.334 e. The highest BCUT2D eigenvalue weighted by Gasteiger charge is 2.19. The van der Waals surface area contributed by atoms with Gasteiger partial charge in [0, 0.05) is 19.2 Å². The van der Waals surface area contributed by atoms with Crippen LogP contribution >= 0.6 is 11.6 Å². The van der Waals surface area contributed by atoms with E-state index in [9.17, 15) is 9.18 Å². The quantitative estimate of drug-likeness (QED) is 0.643. The van der Waals surface area contributed by atoms with Crippen molar-refractivity contribution in [2.45, 2.75) is 33.4 Å². The van der Waals surface area contributed by atoms with Crippen molar-refractivity contribution in [3.05, 3.63) is 64.2 Å². The first kappa shape index (κ1) is 18.4. The third-order valence-electron chi connectivity index (χ3n) is 4.40. The number of rotatable bonds is 5. The van der Waals surface area contributed by atoms with Gasteiger partial charge < -0.3 is 9.47 Å². The Morgan fingerprint density at radius 2 is 2.08 bits per heavy atom. The first-order valence-electron chi connectivity index (χ1n) is 8.57. The third-order valence-corrected chi connectivity index (χ3v) is 4.70. The Morgan fingerprint density at radius 3 is 2.81 bits per heavy atom. The molecule has 0 N–H and O–H groups in total. The zero-order chi connectivity index (χ0) is 18.8. The lowest BCUT2D eigenvalue weighted by Crippen LogP contribution is -2.28. The fraction of sp³-hybridized carbons (Fsp3) is 0.300. The van der Waals surface area contributed by atoms with E-state index in [2.05, 4.69) is 16.5 Å². The van der Waals surface area contributed by atoms with Crippen LogP contribution in [0.5, 0.6) is 0 Å². The molecular formula is C20H21ClFN3O. The van der Waals surface area contributed by atoms with E-state index in [1.165, 1.54) is 12.1 Å². The van der Waals surface area contributed by atoms with E-state index in [0.29, 0.717) is 17.1 Å². The van der Waals surface area contributed by atoms with Crippen molar-refractivity contribution in [1.82, 2.24) is 14.5 Å². The van der Waals surface area contributed by atoms with Gasteiger partial charge in [-0.15, -0.1) is 0 Å². The van der Waals surface area contributed by atoms with Gasteiger partial charge in [0.1, 0.15) is 11.6 Å². The summed E-state index contributed by atoms with van der Waals surface area (Å²) in [5, 5.41) is 0.643. The lowest BCUT2D eigenvalue weighted by molar-refractivity contribution is 0.0779. The smallest absolute Gasteiger partial charge is 0.254 e. The molecule has 1 amide bonds. The second kappa shape index (κ2) is 7.46. The Kier molecular flexibility index (Phi) is 5.28. The van der Waals surface area contributed by atoms with E-state index < -0.39 is 5.82 Å². The van der Waals surface area contributed by atoms with Crippen molar-refractivity contribution >= 4 is 28.5 Å². The number of hydrogen-bond donors (Lipinski definition) is 0. The van der Waals surface area contributed by atoms with Gasteiger partial charge in [-0.25, -0.2) is 9.37 Å². The average Bonchev–Trinajstić information content (AvgIpc) is 2.95. The van der Waals surface area contributed by atoms with Crippen molar-refractivity contribution in [1.29, 1.82) is 0 Å². The number of nitrogens with zero attached hydrogens (tertiary/aromatic N) is 3. The molecule has 0 atom stereocenters. The van der Waals surface area contributed by atoms with Gasteiger partial charge >= 0.3 is 0 Å². The van der Waals surface area contributed by atoms with E-state index in [4.69, 9.17) is 11.6 Å². The SMILES string of the molecule is CCCn1c(CN(C)C(=O)c2cc(F)ccc2C)nc2cccc(Cl)c21. The van der Waals surface area contributed by atoms with Gasteiger partial charge in [-0.05, 0) is 43.2 Å². The molecule has 6 heteroatoms. The molecule has 3 aromatic rings. The zero-order valence-corrected chi connectivity index (χ0v) is 15.8. The van der Waals surface area contributed by atoms with Crippen LogP contribution in [0.2, 0.25) is 5.02 Å². The molecule has 0 bridgehead atoms. The summed E-state index contributed by atoms with van der Waals surface area (Å²) >= 11 is 6.36. The molecule has 2 aromatic carbocycles. The number of carbonyl (C=O) groups excluding carboxylic acids is 1. The lowest BCUT2D eigenvalue weighted by atomic mass is 10.1. The van der Waals surface area contributed by atoms with Crippen molar-refractivity contribution < 1.29 is 9.18 Å². The van der Waals surface area contributed by atoms with Crippen LogP contribution in [0.1, 0.15) is 35.1 Å². The Labute approximate surface area is 157 Å². The molecule has 1 heterocycles. The number of aromatic nitrogens is 2. The van der Waals surface area contributed by atoms with E-state index in [0.717, 1.165) is 35.4 Å². The van der Waals surface area contributed by atoms with Gasteiger partial charge in [0.2, 0.25) is 0 Å². The third kappa shape index (κ3) is 3.44. The Bertz CT molecular complexity index is 967. The van der Waals surface area contributed by atoms with Crippen LogP contribution in [0.4, 0.5) is 4.39 Å². The second-order valence-electron chi connectivity index (χ2n) is 6.41. The molecule has 0 spiro atoms. The highest BCUT2D eigenvalue weighted by molar-refractivity contribution is 6.35. The summed E-state index contributed by atoms with van der Waals surface area (Å²) in [7, 11) is 1.70. The van der Waals surface area contributed by atoms with Crippen LogP contribution in [0.15, 0.2) is 36.4 Å². The summed E-state index contributed by atoms with van der Waals surface area (Å²) in [6.45, 7) is 4.96. The number of fused-ring (bicyclic) bond motifs is 1. The van der Waals surface area contributed by atoms with Gasteiger partial charge in [0.15, 0.2) is 0 Å². The molecule has 1 aromatic heterocycles. The van der Waals surface area contributed by atoms with Gasteiger partial charge in [-0.2, -0.15) is 0 Å². The summed E-state index contributed by atoms with van der Waals surface area (Å²) in [6.07, 6.45) is 0.921. The second-order valence-corrected chi connectivity index (χ2v) is 6.81. The van der Waals surface area contributed by atoms with Crippen LogP contribution in [-0.4, -0.2) is 27.4 Å². The molecule has 26 heavy (non-hydrogen) atoms. The molecule has 0 aliphatic carbocycles. The van der Waals surface area contributed by atoms with Crippen molar-refractivity contribution in [2.24, 2.45) is 0 Å². The molecule has 4 nitrogen and oxygen atoms in total. The minimum atomic E-state index is -0.419. The number of para-hydroxylation sites is 1. The normalized spacial score (nSPS) is 11.1. The van der Waals surface area contributed by atoms with E-state index in [1.807, 2.05) is 18.2 Å². The van der Waals surface area contributed by atoms with E-state index in [-0.39, 0.29) is 5.91 Å². The van der Waals surface area contributed by atoms with Crippen molar-refractivity contribution in [3.8, 4) is 0 Å². The summed E-state index contributed by atoms with van der Waals surface area (Å²) < 4.78 is 15.6. The first-order valence-corrected chi connectivity index (χ1v) is 8.95. The molecular weight excluding hydrogens is 353 g/mol. The standard InChI is InChI=1S/C20H21ClFN3O/c1-4-10-25-18(23-17-7-5-6-16(21)19(17)25)12-24(3)20(26)15-11-14(22)9-8-13(15)2/h5-9,11H,4,10,12H2,1-3H3. The maximum absolute atomic E-state index is 13.5. The molecule has 0 saturated heterocycles. The number of aryl methyl sites for hydroxylation is 2. The predicted molar refractivity (Wildman–Crippen MR) is 102 cm³/mol. The number of halogens is 2. The predicted octanol–water partition coefficient (Wildman–Crippen LogP) is 4.82. The Morgan fingerprint density at radius 1 is 1.31 bits per heavy atom. The fourth-order valence-corrected chi connectivity index (χ4v) is 3.36. The first-order chi connectivity index (χ1) is 12.4. The Balaban J connectivity index is 1.95. The van der Waals surface area contributed by atoms with E-state index >= 15 is 0 Å². The van der Waals surface area contributed by atoms with Crippen LogP contribution in [0.25, 0.3) is 11.0 Å². The van der Waals surface area contributed by atoms with Crippen molar-refractivity contribution in [3.63, 3.8) is 0 Å². The molecule has 0 aliphatic rings. The fourth-order valence-electron chi connectivity index (χ4n) is 3.09. The van der Waals surface area contributed by atoms with Crippen LogP contribution in [-0.2, 0) is 13.1 Å².